The van der Waals surface area contributed by atoms with Crippen LogP contribution in [0.1, 0.15) is 82.9 Å². The summed E-state index contributed by atoms with van der Waals surface area (Å²) in [6.07, 6.45) is 4.17. The van der Waals surface area contributed by atoms with Crippen molar-refractivity contribution in [2.24, 2.45) is 5.92 Å². The van der Waals surface area contributed by atoms with Crippen LogP contribution in [0, 0.1) is 5.92 Å². The lowest BCUT2D eigenvalue weighted by Gasteiger charge is -2.30. The standard InChI is InChI=1S/C33H48N2O7S/c1-5-9-10-21-43(37,38)35(17-6-2)19-18-34-23-28(26-13-16-29-30(22-26)42-24-41-29)31(33(36)39-8-4)32(34)25-11-14-27(15-12-25)40-20-7-3/h11-16,22,28,31-32H,5-10,17-21,23-24H2,1-4H3/t28-,31-,32+/m1/s1. The zero-order valence-corrected chi connectivity index (χ0v) is 26.9. The Hall–Kier alpha value is -2.82. The summed E-state index contributed by atoms with van der Waals surface area (Å²) in [5.41, 5.74) is 1.94. The smallest absolute Gasteiger partial charge is 0.311 e. The minimum absolute atomic E-state index is 0.161. The molecule has 43 heavy (non-hydrogen) atoms. The summed E-state index contributed by atoms with van der Waals surface area (Å²) in [4.78, 5) is 16.0. The van der Waals surface area contributed by atoms with E-state index < -0.39 is 15.9 Å². The molecule has 2 aromatic rings. The van der Waals surface area contributed by atoms with E-state index in [1.807, 2.05) is 56.3 Å². The summed E-state index contributed by atoms with van der Waals surface area (Å²) in [5, 5.41) is 0. The first-order chi connectivity index (χ1) is 20.8. The topological polar surface area (TPSA) is 94.6 Å². The molecule has 9 nitrogen and oxygen atoms in total. The number of likely N-dealkylation sites (tertiary alicyclic amines) is 1. The van der Waals surface area contributed by atoms with E-state index in [4.69, 9.17) is 18.9 Å². The largest absolute Gasteiger partial charge is 0.494 e. The zero-order chi connectivity index (χ0) is 30.8. The molecule has 238 valence electrons. The van der Waals surface area contributed by atoms with Crippen molar-refractivity contribution < 1.29 is 32.2 Å². The Morgan fingerprint density at radius 3 is 2.37 bits per heavy atom. The van der Waals surface area contributed by atoms with Gasteiger partial charge in [-0.05, 0) is 61.6 Å². The van der Waals surface area contributed by atoms with Gasteiger partial charge >= 0.3 is 5.97 Å². The fourth-order valence-electron chi connectivity index (χ4n) is 6.09. The quantitative estimate of drug-likeness (QED) is 0.164. The van der Waals surface area contributed by atoms with E-state index in [9.17, 15) is 13.2 Å². The van der Waals surface area contributed by atoms with Crippen LogP contribution in [0.3, 0.4) is 0 Å². The highest BCUT2D eigenvalue weighted by Crippen LogP contribution is 2.48. The molecule has 0 unspecified atom stereocenters. The number of rotatable bonds is 17. The van der Waals surface area contributed by atoms with Crippen molar-refractivity contribution in [2.75, 3.05) is 51.9 Å². The molecule has 0 bridgehead atoms. The van der Waals surface area contributed by atoms with Crippen molar-refractivity contribution in [3.8, 4) is 17.2 Å². The molecule has 0 N–H and O–H groups in total. The van der Waals surface area contributed by atoms with E-state index in [0.717, 1.165) is 42.6 Å². The Morgan fingerprint density at radius 2 is 1.67 bits per heavy atom. The van der Waals surface area contributed by atoms with Crippen LogP contribution < -0.4 is 14.2 Å². The van der Waals surface area contributed by atoms with E-state index in [1.165, 1.54) is 0 Å². The first-order valence-corrected chi connectivity index (χ1v) is 17.4. The van der Waals surface area contributed by atoms with E-state index in [1.54, 1.807) is 4.31 Å². The summed E-state index contributed by atoms with van der Waals surface area (Å²) in [6, 6.07) is 13.5. The molecule has 10 heteroatoms. The number of carbonyl (C=O) groups is 1. The van der Waals surface area contributed by atoms with Gasteiger partial charge in [-0.25, -0.2) is 12.7 Å². The molecule has 0 radical (unpaired) electrons. The van der Waals surface area contributed by atoms with Crippen LogP contribution in [0.4, 0.5) is 0 Å². The van der Waals surface area contributed by atoms with Crippen molar-refractivity contribution in [1.29, 1.82) is 0 Å². The van der Waals surface area contributed by atoms with Gasteiger partial charge in [0.05, 0.1) is 24.9 Å². The lowest BCUT2D eigenvalue weighted by atomic mass is 9.82. The number of hydrogen-bond donors (Lipinski definition) is 0. The first-order valence-electron chi connectivity index (χ1n) is 15.8. The van der Waals surface area contributed by atoms with Crippen molar-refractivity contribution in [3.05, 3.63) is 53.6 Å². The Balaban J connectivity index is 1.68. The van der Waals surface area contributed by atoms with Crippen LogP contribution in [0.15, 0.2) is 42.5 Å². The van der Waals surface area contributed by atoms with Gasteiger partial charge in [-0.3, -0.25) is 9.69 Å². The number of hydrogen-bond acceptors (Lipinski definition) is 8. The van der Waals surface area contributed by atoms with E-state index in [0.29, 0.717) is 50.7 Å². The third kappa shape index (κ3) is 8.22. The van der Waals surface area contributed by atoms with Gasteiger partial charge in [-0.15, -0.1) is 0 Å². The van der Waals surface area contributed by atoms with Crippen LogP contribution in [0.25, 0.3) is 0 Å². The number of esters is 1. The number of unbranched alkanes of at least 4 members (excludes halogenated alkanes) is 2. The number of nitrogens with zero attached hydrogens (tertiary/aromatic N) is 2. The van der Waals surface area contributed by atoms with E-state index >= 15 is 0 Å². The summed E-state index contributed by atoms with van der Waals surface area (Å²) < 4.78 is 51.0. The summed E-state index contributed by atoms with van der Waals surface area (Å²) in [5.74, 6) is 1.35. The first kappa shape index (κ1) is 33.1. The highest BCUT2D eigenvalue weighted by molar-refractivity contribution is 7.89. The second-order valence-corrected chi connectivity index (χ2v) is 13.4. The normalized spacial score (nSPS) is 20.1. The zero-order valence-electron chi connectivity index (χ0n) is 26.1. The molecular formula is C33H48N2O7S. The van der Waals surface area contributed by atoms with Crippen LogP contribution in [-0.4, -0.2) is 75.5 Å². The Kier molecular flexibility index (Phi) is 12.1. The minimum Gasteiger partial charge on any atom is -0.494 e. The highest BCUT2D eigenvalue weighted by atomic mass is 32.2. The number of benzene rings is 2. The molecule has 2 aliphatic rings. The molecule has 1 fully saturated rings. The predicted octanol–water partition coefficient (Wildman–Crippen LogP) is 5.76. The van der Waals surface area contributed by atoms with Gasteiger partial charge in [0.25, 0.3) is 0 Å². The summed E-state index contributed by atoms with van der Waals surface area (Å²) in [7, 11) is -3.39. The molecule has 2 heterocycles. The highest BCUT2D eigenvalue weighted by Gasteiger charge is 2.48. The van der Waals surface area contributed by atoms with Crippen molar-refractivity contribution in [1.82, 2.24) is 9.21 Å². The second kappa shape index (κ2) is 15.8. The van der Waals surface area contributed by atoms with Gasteiger partial charge < -0.3 is 18.9 Å². The third-order valence-electron chi connectivity index (χ3n) is 8.19. The molecule has 3 atom stereocenters. The van der Waals surface area contributed by atoms with Gasteiger partial charge in [0.15, 0.2) is 11.5 Å². The van der Waals surface area contributed by atoms with Crippen LogP contribution >= 0.6 is 0 Å². The Labute approximate surface area is 257 Å². The minimum atomic E-state index is -3.39. The molecular weight excluding hydrogens is 568 g/mol. The maximum atomic E-state index is 13.7. The number of ether oxygens (including phenoxy) is 4. The molecule has 4 rings (SSSR count). The molecule has 2 aromatic carbocycles. The Morgan fingerprint density at radius 1 is 0.930 bits per heavy atom. The molecule has 0 aromatic heterocycles. The van der Waals surface area contributed by atoms with Gasteiger partial charge in [0.2, 0.25) is 16.8 Å². The van der Waals surface area contributed by atoms with Crippen molar-refractivity contribution in [3.63, 3.8) is 0 Å². The van der Waals surface area contributed by atoms with E-state index in [2.05, 4.69) is 18.7 Å². The number of sulfonamides is 1. The molecule has 0 spiro atoms. The predicted molar refractivity (Wildman–Crippen MR) is 167 cm³/mol. The van der Waals surface area contributed by atoms with Gasteiger partial charge in [-0.1, -0.05) is 51.8 Å². The number of fused-ring (bicyclic) bond motifs is 1. The third-order valence-corrected chi connectivity index (χ3v) is 10.1. The summed E-state index contributed by atoms with van der Waals surface area (Å²) in [6.45, 7) is 10.9. The maximum Gasteiger partial charge on any atom is 0.311 e. The van der Waals surface area contributed by atoms with E-state index in [-0.39, 0.29) is 37.1 Å². The van der Waals surface area contributed by atoms with Crippen molar-refractivity contribution >= 4 is 16.0 Å². The molecule has 0 aliphatic carbocycles. The van der Waals surface area contributed by atoms with Gasteiger partial charge in [0.1, 0.15) is 5.75 Å². The maximum absolute atomic E-state index is 13.7. The lowest BCUT2D eigenvalue weighted by molar-refractivity contribution is -0.149. The van der Waals surface area contributed by atoms with Crippen LogP contribution in [0.2, 0.25) is 0 Å². The molecule has 0 saturated carbocycles. The number of carbonyl (C=O) groups excluding carboxylic acids is 1. The van der Waals surface area contributed by atoms with Gasteiger partial charge in [-0.2, -0.15) is 0 Å². The molecule has 1 saturated heterocycles. The van der Waals surface area contributed by atoms with Gasteiger partial charge in [0, 0.05) is 38.1 Å². The SMILES string of the molecule is CCCCCS(=O)(=O)N(CCC)CCN1C[C@H](c2ccc3c(c2)OCO3)[C@@H](C(=O)OCC)[C@@H]1c1ccc(OCCC)cc1. The monoisotopic (exact) mass is 616 g/mol. The van der Waals surface area contributed by atoms with Crippen LogP contribution in [-0.2, 0) is 19.6 Å². The average molecular weight is 617 g/mol. The summed E-state index contributed by atoms with van der Waals surface area (Å²) >= 11 is 0. The fourth-order valence-corrected chi connectivity index (χ4v) is 7.74. The second-order valence-electron chi connectivity index (χ2n) is 11.3. The lowest BCUT2D eigenvalue weighted by Crippen LogP contribution is -2.40. The van der Waals surface area contributed by atoms with Crippen molar-refractivity contribution in [2.45, 2.75) is 71.8 Å². The Bertz CT molecular complexity index is 1280. The van der Waals surface area contributed by atoms with Crippen LogP contribution in [0.5, 0.6) is 17.2 Å². The molecule has 0 amide bonds. The molecule has 2 aliphatic heterocycles. The fraction of sp³-hybridized carbons (Fsp3) is 0.606. The average Bonchev–Trinajstić information content (AvgIpc) is 3.63.